The Kier molecular flexibility index (Phi) is 20.6. The SMILES string of the molecule is [CH2-]C[CH2-].[Mo+2]. The van der Waals surface area contributed by atoms with Gasteiger partial charge in [0, 0.05) is 0 Å². The second kappa shape index (κ2) is 9.35. The molecule has 0 saturated heterocycles. The molecule has 0 aromatic heterocycles. The third-order valence-corrected chi connectivity index (χ3v) is 0. The quantitative estimate of drug-likeness (QED) is 0.346. The summed E-state index contributed by atoms with van der Waals surface area (Å²) >= 11 is 0. The normalized spacial score (nSPS) is 4.50. The van der Waals surface area contributed by atoms with E-state index in [4.69, 9.17) is 0 Å². The predicted molar refractivity (Wildman–Crippen MR) is 15.3 cm³/mol. The second-order valence-corrected chi connectivity index (χ2v) is 0.354. The Morgan fingerprint density at radius 3 is 1.25 bits per heavy atom. The minimum Gasteiger partial charge on any atom is -0.372 e. The summed E-state index contributed by atoms with van der Waals surface area (Å²) in [4.78, 5) is 0. The van der Waals surface area contributed by atoms with Crippen molar-refractivity contribution in [3.05, 3.63) is 13.8 Å². The molecule has 0 aliphatic carbocycles. The molecule has 0 atom stereocenters. The molecule has 0 aliphatic rings. The molecule has 0 rings (SSSR count). The van der Waals surface area contributed by atoms with Crippen LogP contribution in [-0.4, -0.2) is 0 Å². The molecule has 0 aromatic carbocycles. The molecular weight excluding hydrogens is 132 g/mol. The van der Waals surface area contributed by atoms with E-state index in [1.807, 2.05) is 0 Å². The monoisotopic (exact) mass is 140 g/mol. The van der Waals surface area contributed by atoms with Gasteiger partial charge in [0.05, 0.1) is 0 Å². The smallest absolute Gasteiger partial charge is 0.372 e. The van der Waals surface area contributed by atoms with E-state index in [0.29, 0.717) is 0 Å². The van der Waals surface area contributed by atoms with E-state index in [2.05, 4.69) is 13.8 Å². The third-order valence-electron chi connectivity index (χ3n) is 0. The summed E-state index contributed by atoms with van der Waals surface area (Å²) in [6.07, 6.45) is 0.750. The van der Waals surface area contributed by atoms with Crippen molar-refractivity contribution in [2.75, 3.05) is 0 Å². The number of hydrogen-bond acceptors (Lipinski definition) is 0. The molecule has 4 heavy (non-hydrogen) atoms. The molecule has 0 saturated carbocycles. The standard InChI is InChI=1S/C3H6.Mo/c1-3-2;/h1-3H2;/q-2;+2. The van der Waals surface area contributed by atoms with Crippen LogP contribution in [0.4, 0.5) is 0 Å². The van der Waals surface area contributed by atoms with Crippen LogP contribution in [0.15, 0.2) is 0 Å². The molecule has 0 fully saturated rings. The first-order valence-electron chi connectivity index (χ1n) is 1.000. The molecule has 24 valence electrons. The average Bonchev–Trinajstić information content (AvgIpc) is 0.918. The van der Waals surface area contributed by atoms with Crippen LogP contribution in [0, 0.1) is 13.8 Å². The number of rotatable bonds is 0. The van der Waals surface area contributed by atoms with E-state index in [0.717, 1.165) is 6.42 Å². The Bertz CT molecular complexity index is 3.25. The molecular formula is C3H6Mo. The zero-order valence-electron chi connectivity index (χ0n) is 2.53. The van der Waals surface area contributed by atoms with Gasteiger partial charge < -0.3 is 20.3 Å². The van der Waals surface area contributed by atoms with Gasteiger partial charge in [-0.15, -0.1) is 0 Å². The summed E-state index contributed by atoms with van der Waals surface area (Å²) in [7, 11) is 0. The number of hydrogen-bond donors (Lipinski definition) is 0. The largest absolute Gasteiger partial charge is 2.00 e. The fourth-order valence-corrected chi connectivity index (χ4v) is 0. The molecule has 0 aromatic rings. The van der Waals surface area contributed by atoms with Crippen LogP contribution in [0.25, 0.3) is 0 Å². The Morgan fingerprint density at radius 1 is 1.25 bits per heavy atom. The van der Waals surface area contributed by atoms with Gasteiger partial charge in [0.1, 0.15) is 0 Å². The van der Waals surface area contributed by atoms with E-state index in [1.165, 1.54) is 0 Å². The fourth-order valence-electron chi connectivity index (χ4n) is 0. The summed E-state index contributed by atoms with van der Waals surface area (Å²) < 4.78 is 0. The molecule has 0 spiro atoms. The average molecular weight is 138 g/mol. The van der Waals surface area contributed by atoms with Crippen molar-refractivity contribution < 1.29 is 21.1 Å². The van der Waals surface area contributed by atoms with Gasteiger partial charge in [-0.3, -0.25) is 0 Å². The molecule has 0 radical (unpaired) electrons. The van der Waals surface area contributed by atoms with Gasteiger partial charge in [-0.1, -0.05) is 0 Å². The van der Waals surface area contributed by atoms with Crippen LogP contribution in [0.2, 0.25) is 0 Å². The predicted octanol–water partition coefficient (Wildman–Crippen LogP) is 1.04. The topological polar surface area (TPSA) is 0 Å². The summed E-state index contributed by atoms with van der Waals surface area (Å²) in [5, 5.41) is 0. The summed E-state index contributed by atoms with van der Waals surface area (Å²) in [6, 6.07) is 0. The van der Waals surface area contributed by atoms with Gasteiger partial charge in [0.25, 0.3) is 0 Å². The molecule has 0 unspecified atom stereocenters. The molecule has 0 heterocycles. The molecule has 0 amide bonds. The van der Waals surface area contributed by atoms with Crippen LogP contribution in [0.3, 0.4) is 0 Å². The zero-order chi connectivity index (χ0) is 2.71. The van der Waals surface area contributed by atoms with Gasteiger partial charge in [0.15, 0.2) is 0 Å². The molecule has 0 nitrogen and oxygen atoms in total. The molecule has 1 heteroatoms. The molecule has 0 N–H and O–H groups in total. The van der Waals surface area contributed by atoms with E-state index in [9.17, 15) is 0 Å². The fraction of sp³-hybridized carbons (Fsp3) is 0.333. The van der Waals surface area contributed by atoms with Gasteiger partial charge in [0.2, 0.25) is 0 Å². The molecule has 0 bridgehead atoms. The summed E-state index contributed by atoms with van der Waals surface area (Å²) in [6.45, 7) is 6.75. The van der Waals surface area contributed by atoms with Crippen molar-refractivity contribution >= 4 is 0 Å². The van der Waals surface area contributed by atoms with E-state index < -0.39 is 0 Å². The van der Waals surface area contributed by atoms with Crippen LogP contribution in [0.5, 0.6) is 0 Å². The summed E-state index contributed by atoms with van der Waals surface area (Å²) in [5.74, 6) is 0. The third kappa shape index (κ3) is 16.2. The maximum atomic E-state index is 3.38. The van der Waals surface area contributed by atoms with Crippen molar-refractivity contribution in [3.63, 3.8) is 0 Å². The van der Waals surface area contributed by atoms with Crippen molar-refractivity contribution in [2.45, 2.75) is 6.42 Å². The first kappa shape index (κ1) is 8.82. The van der Waals surface area contributed by atoms with Crippen LogP contribution >= 0.6 is 0 Å². The van der Waals surface area contributed by atoms with Gasteiger partial charge in [-0.25, -0.2) is 0 Å². The second-order valence-electron chi connectivity index (χ2n) is 0.354. The van der Waals surface area contributed by atoms with Gasteiger partial charge in [-0.05, 0) is 0 Å². The summed E-state index contributed by atoms with van der Waals surface area (Å²) in [5.41, 5.74) is 0. The van der Waals surface area contributed by atoms with Crippen molar-refractivity contribution in [2.24, 2.45) is 0 Å². The van der Waals surface area contributed by atoms with E-state index in [1.54, 1.807) is 0 Å². The maximum absolute atomic E-state index is 3.38. The Labute approximate surface area is 41.9 Å². The van der Waals surface area contributed by atoms with Crippen molar-refractivity contribution in [1.82, 2.24) is 0 Å². The Balaban J connectivity index is 0. The van der Waals surface area contributed by atoms with Crippen LogP contribution < -0.4 is 0 Å². The Hall–Kier alpha value is 0.688. The minimum atomic E-state index is 0. The van der Waals surface area contributed by atoms with Gasteiger partial charge in [-0.2, -0.15) is 0 Å². The van der Waals surface area contributed by atoms with Crippen LogP contribution in [0.1, 0.15) is 6.42 Å². The minimum absolute atomic E-state index is 0. The van der Waals surface area contributed by atoms with Crippen LogP contribution in [-0.2, 0) is 21.1 Å². The first-order chi connectivity index (χ1) is 1.41. The maximum Gasteiger partial charge on any atom is 2.00 e. The van der Waals surface area contributed by atoms with E-state index >= 15 is 0 Å². The van der Waals surface area contributed by atoms with E-state index in [-0.39, 0.29) is 21.1 Å². The Morgan fingerprint density at radius 2 is 1.25 bits per heavy atom. The van der Waals surface area contributed by atoms with Crippen molar-refractivity contribution in [3.8, 4) is 0 Å². The van der Waals surface area contributed by atoms with Gasteiger partial charge >= 0.3 is 21.1 Å². The van der Waals surface area contributed by atoms with Crippen molar-refractivity contribution in [1.29, 1.82) is 0 Å². The zero-order valence-corrected chi connectivity index (χ0v) is 4.54. The molecule has 0 aliphatic heterocycles. The first-order valence-corrected chi connectivity index (χ1v) is 1.000.